The van der Waals surface area contributed by atoms with Gasteiger partial charge >= 0.3 is 0 Å². The number of piperidine rings is 1. The number of nitrogens with one attached hydrogen (secondary N) is 1. The van der Waals surface area contributed by atoms with Gasteiger partial charge in [-0.3, -0.25) is 9.78 Å². The molecule has 0 aliphatic carbocycles. The number of carbonyl (C=O) groups excluding carboxylic acids is 1. The number of rotatable bonds is 7. The molecule has 6 nitrogen and oxygen atoms in total. The van der Waals surface area contributed by atoms with Crippen LogP contribution in [0.2, 0.25) is 0 Å². The number of methoxy groups -OCH3 is 1. The molecule has 0 spiro atoms. The monoisotopic (exact) mass is 417 g/mol. The fourth-order valence-electron chi connectivity index (χ4n) is 3.75. The van der Waals surface area contributed by atoms with Gasteiger partial charge in [-0.15, -0.1) is 0 Å². The third-order valence-corrected chi connectivity index (χ3v) is 5.56. The molecular formula is C25H27N3O3. The van der Waals surface area contributed by atoms with Gasteiger partial charge in [0.1, 0.15) is 18.1 Å². The van der Waals surface area contributed by atoms with Crippen molar-refractivity contribution in [1.29, 1.82) is 0 Å². The molecule has 31 heavy (non-hydrogen) atoms. The zero-order chi connectivity index (χ0) is 21.5. The number of nitrogens with zero attached hydrogens (tertiary/aromatic N) is 2. The third-order valence-electron chi connectivity index (χ3n) is 5.56. The number of carbonyl (C=O) groups is 1. The molecule has 0 saturated carbocycles. The maximum Gasteiger partial charge on any atom is 0.227 e. The maximum absolute atomic E-state index is 12.8. The number of aromatic nitrogens is 1. The second-order valence-electron chi connectivity index (χ2n) is 7.62. The van der Waals surface area contributed by atoms with Gasteiger partial charge in [0, 0.05) is 48.8 Å². The summed E-state index contributed by atoms with van der Waals surface area (Å²) in [5, 5.41) is 3.06. The topological polar surface area (TPSA) is 63.7 Å². The van der Waals surface area contributed by atoms with Gasteiger partial charge < -0.3 is 19.7 Å². The van der Waals surface area contributed by atoms with Crippen LogP contribution in [0.1, 0.15) is 18.4 Å². The van der Waals surface area contributed by atoms with Crippen molar-refractivity contribution in [2.24, 2.45) is 5.92 Å². The largest absolute Gasteiger partial charge is 0.497 e. The Morgan fingerprint density at radius 1 is 1.03 bits per heavy atom. The SMILES string of the molecule is COc1ccc(COc2cccc(NC(=O)C3CCN(c4ccncc4)CC3)c2)cc1. The number of amides is 1. The van der Waals surface area contributed by atoms with E-state index >= 15 is 0 Å². The Balaban J connectivity index is 1.28. The molecule has 1 saturated heterocycles. The van der Waals surface area contributed by atoms with E-state index < -0.39 is 0 Å². The zero-order valence-corrected chi connectivity index (χ0v) is 17.7. The van der Waals surface area contributed by atoms with E-state index in [0.717, 1.165) is 54.4 Å². The summed E-state index contributed by atoms with van der Waals surface area (Å²) in [5.74, 6) is 1.63. The Labute approximate surface area is 182 Å². The van der Waals surface area contributed by atoms with Gasteiger partial charge in [-0.05, 0) is 54.8 Å². The highest BCUT2D eigenvalue weighted by Crippen LogP contribution is 2.25. The number of anilines is 2. The highest BCUT2D eigenvalue weighted by molar-refractivity contribution is 5.92. The molecule has 1 aliphatic rings. The molecule has 1 aromatic heterocycles. The van der Waals surface area contributed by atoms with E-state index in [2.05, 4.69) is 15.2 Å². The molecule has 0 unspecified atom stereocenters. The highest BCUT2D eigenvalue weighted by atomic mass is 16.5. The summed E-state index contributed by atoms with van der Waals surface area (Å²) in [6, 6.07) is 19.3. The predicted molar refractivity (Wildman–Crippen MR) is 122 cm³/mol. The Bertz CT molecular complexity index is 984. The molecule has 0 radical (unpaired) electrons. The van der Waals surface area contributed by atoms with Crippen molar-refractivity contribution in [2.45, 2.75) is 19.4 Å². The van der Waals surface area contributed by atoms with Crippen LogP contribution in [0, 0.1) is 5.92 Å². The van der Waals surface area contributed by atoms with Crippen molar-refractivity contribution in [3.05, 3.63) is 78.6 Å². The van der Waals surface area contributed by atoms with E-state index in [-0.39, 0.29) is 11.8 Å². The standard InChI is InChI=1S/C25H27N3O3/c1-30-23-7-5-19(6-8-23)18-31-24-4-2-3-21(17-24)27-25(29)20-11-15-28(16-12-20)22-9-13-26-14-10-22/h2-10,13-14,17,20H,11-12,15-16,18H2,1H3,(H,27,29). The van der Waals surface area contributed by atoms with E-state index in [1.54, 1.807) is 19.5 Å². The number of hydrogen-bond acceptors (Lipinski definition) is 5. The lowest BCUT2D eigenvalue weighted by molar-refractivity contribution is -0.120. The van der Waals surface area contributed by atoms with Crippen LogP contribution in [0.3, 0.4) is 0 Å². The summed E-state index contributed by atoms with van der Waals surface area (Å²) in [5.41, 5.74) is 2.97. The van der Waals surface area contributed by atoms with E-state index in [4.69, 9.17) is 9.47 Å². The fraction of sp³-hybridized carbons (Fsp3) is 0.280. The van der Waals surface area contributed by atoms with Gasteiger partial charge in [0.25, 0.3) is 0 Å². The summed E-state index contributed by atoms with van der Waals surface area (Å²) in [7, 11) is 1.65. The number of hydrogen-bond donors (Lipinski definition) is 1. The number of pyridine rings is 1. The molecule has 3 aromatic rings. The van der Waals surface area contributed by atoms with Gasteiger partial charge in [0.15, 0.2) is 0 Å². The van der Waals surface area contributed by atoms with Crippen molar-refractivity contribution in [2.75, 3.05) is 30.4 Å². The van der Waals surface area contributed by atoms with Crippen LogP contribution in [0.25, 0.3) is 0 Å². The van der Waals surface area contributed by atoms with E-state index in [1.807, 2.05) is 60.7 Å². The molecule has 6 heteroatoms. The Kier molecular flexibility index (Phi) is 6.67. The molecule has 0 atom stereocenters. The average Bonchev–Trinajstić information content (AvgIpc) is 2.84. The highest BCUT2D eigenvalue weighted by Gasteiger charge is 2.25. The minimum atomic E-state index is 0.0157. The molecule has 2 heterocycles. The first kappa shape index (κ1) is 20.7. The van der Waals surface area contributed by atoms with Crippen molar-refractivity contribution in [3.8, 4) is 11.5 Å². The summed E-state index contributed by atoms with van der Waals surface area (Å²) >= 11 is 0. The van der Waals surface area contributed by atoms with Crippen LogP contribution in [-0.2, 0) is 11.4 Å². The molecular weight excluding hydrogens is 390 g/mol. The Hall–Kier alpha value is -3.54. The number of benzene rings is 2. The Morgan fingerprint density at radius 2 is 1.77 bits per heavy atom. The van der Waals surface area contributed by atoms with Crippen molar-refractivity contribution >= 4 is 17.3 Å². The first-order chi connectivity index (χ1) is 15.2. The van der Waals surface area contributed by atoms with E-state index in [1.165, 1.54) is 0 Å². The average molecular weight is 418 g/mol. The lowest BCUT2D eigenvalue weighted by Crippen LogP contribution is -2.38. The lowest BCUT2D eigenvalue weighted by atomic mass is 9.95. The molecule has 1 fully saturated rings. The minimum Gasteiger partial charge on any atom is -0.497 e. The van der Waals surface area contributed by atoms with Crippen molar-refractivity contribution in [1.82, 2.24) is 4.98 Å². The van der Waals surface area contributed by atoms with Crippen LogP contribution >= 0.6 is 0 Å². The molecule has 1 aliphatic heterocycles. The lowest BCUT2D eigenvalue weighted by Gasteiger charge is -2.32. The molecule has 0 bridgehead atoms. The van der Waals surface area contributed by atoms with Crippen LogP contribution in [0.15, 0.2) is 73.1 Å². The summed E-state index contributed by atoms with van der Waals surface area (Å²) in [4.78, 5) is 19.1. The smallest absolute Gasteiger partial charge is 0.227 e. The maximum atomic E-state index is 12.8. The van der Waals surface area contributed by atoms with Crippen molar-refractivity contribution < 1.29 is 14.3 Å². The predicted octanol–water partition coefficient (Wildman–Crippen LogP) is 4.52. The normalized spacial score (nSPS) is 14.2. The molecule has 4 rings (SSSR count). The van der Waals surface area contributed by atoms with Gasteiger partial charge in [-0.2, -0.15) is 0 Å². The van der Waals surface area contributed by atoms with Crippen molar-refractivity contribution in [3.63, 3.8) is 0 Å². The van der Waals surface area contributed by atoms with Gasteiger partial charge in [-0.1, -0.05) is 18.2 Å². The molecule has 160 valence electrons. The molecule has 2 aromatic carbocycles. The van der Waals surface area contributed by atoms with Crippen LogP contribution in [0.4, 0.5) is 11.4 Å². The Morgan fingerprint density at radius 3 is 2.48 bits per heavy atom. The summed E-state index contributed by atoms with van der Waals surface area (Å²) in [6.45, 7) is 2.19. The first-order valence-corrected chi connectivity index (χ1v) is 10.5. The fourth-order valence-corrected chi connectivity index (χ4v) is 3.75. The van der Waals surface area contributed by atoms with Crippen LogP contribution < -0.4 is 19.7 Å². The van der Waals surface area contributed by atoms with Gasteiger partial charge in [0.2, 0.25) is 5.91 Å². The van der Waals surface area contributed by atoms with Gasteiger partial charge in [-0.25, -0.2) is 0 Å². The molecule has 1 N–H and O–H groups in total. The summed E-state index contributed by atoms with van der Waals surface area (Å²) < 4.78 is 11.1. The number of ether oxygens (including phenoxy) is 2. The van der Waals surface area contributed by atoms with Crippen LogP contribution in [0.5, 0.6) is 11.5 Å². The van der Waals surface area contributed by atoms with E-state index in [9.17, 15) is 4.79 Å². The van der Waals surface area contributed by atoms with Crippen LogP contribution in [-0.4, -0.2) is 31.1 Å². The zero-order valence-electron chi connectivity index (χ0n) is 17.7. The second-order valence-corrected chi connectivity index (χ2v) is 7.62. The minimum absolute atomic E-state index is 0.0157. The third kappa shape index (κ3) is 5.54. The second kappa shape index (κ2) is 9.98. The first-order valence-electron chi connectivity index (χ1n) is 10.5. The molecule has 1 amide bonds. The van der Waals surface area contributed by atoms with Gasteiger partial charge in [0.05, 0.1) is 7.11 Å². The van der Waals surface area contributed by atoms with E-state index in [0.29, 0.717) is 6.61 Å². The summed E-state index contributed by atoms with van der Waals surface area (Å²) in [6.07, 6.45) is 5.28. The quantitative estimate of drug-likeness (QED) is 0.612.